The molecule has 0 amide bonds. The molecule has 1 aliphatic rings. The van der Waals surface area contributed by atoms with Crippen LogP contribution >= 0.6 is 0 Å². The second kappa shape index (κ2) is 9.83. The molecule has 6 heteroatoms. The molecule has 2 rings (SSSR count). The number of hydrogen-bond acceptors (Lipinski definition) is 4. The highest BCUT2D eigenvalue weighted by Gasteiger charge is 2.24. The first-order valence-electron chi connectivity index (χ1n) is 9.71. The standard InChI is InChI=1S/C21H35N3O3/c1-7-22-20(24(4)13-16-10-11-27-14-16)23-15-21(2,3)17-8-9-18(25-5)19(12-17)26-6/h8-9,12,16H,7,10-11,13-15H2,1-6H3,(H,22,23). The molecule has 1 unspecified atom stereocenters. The van der Waals surface area contributed by atoms with E-state index in [4.69, 9.17) is 19.2 Å². The fourth-order valence-electron chi connectivity index (χ4n) is 3.29. The van der Waals surface area contributed by atoms with Gasteiger partial charge < -0.3 is 24.4 Å². The van der Waals surface area contributed by atoms with Crippen molar-refractivity contribution in [3.63, 3.8) is 0 Å². The lowest BCUT2D eigenvalue weighted by molar-refractivity contribution is 0.181. The van der Waals surface area contributed by atoms with E-state index >= 15 is 0 Å². The van der Waals surface area contributed by atoms with Gasteiger partial charge in [-0.3, -0.25) is 4.99 Å². The third-order valence-electron chi connectivity index (χ3n) is 5.04. The largest absolute Gasteiger partial charge is 0.493 e. The summed E-state index contributed by atoms with van der Waals surface area (Å²) in [4.78, 5) is 7.14. The number of nitrogens with one attached hydrogen (secondary N) is 1. The average Bonchev–Trinajstić information content (AvgIpc) is 3.17. The van der Waals surface area contributed by atoms with Crippen LogP contribution < -0.4 is 14.8 Å². The Morgan fingerprint density at radius 1 is 1.30 bits per heavy atom. The highest BCUT2D eigenvalue weighted by atomic mass is 16.5. The molecule has 1 atom stereocenters. The molecule has 1 saturated heterocycles. The van der Waals surface area contributed by atoms with Gasteiger partial charge in [0.2, 0.25) is 0 Å². The normalized spacial score (nSPS) is 17.7. The van der Waals surface area contributed by atoms with E-state index in [1.807, 2.05) is 12.1 Å². The molecule has 0 aromatic heterocycles. The number of benzene rings is 1. The van der Waals surface area contributed by atoms with E-state index in [1.165, 1.54) is 5.56 Å². The first-order valence-corrected chi connectivity index (χ1v) is 9.71. The van der Waals surface area contributed by atoms with Gasteiger partial charge in [-0.15, -0.1) is 0 Å². The van der Waals surface area contributed by atoms with Crippen molar-refractivity contribution in [1.29, 1.82) is 0 Å². The Bertz CT molecular complexity index is 625. The van der Waals surface area contributed by atoms with E-state index in [-0.39, 0.29) is 5.41 Å². The molecule has 1 aliphatic heterocycles. The third kappa shape index (κ3) is 5.76. The van der Waals surface area contributed by atoms with Gasteiger partial charge in [0.1, 0.15) is 0 Å². The van der Waals surface area contributed by atoms with Crippen LogP contribution in [0.3, 0.4) is 0 Å². The maximum atomic E-state index is 5.50. The zero-order valence-corrected chi connectivity index (χ0v) is 17.7. The monoisotopic (exact) mass is 377 g/mol. The number of ether oxygens (including phenoxy) is 3. The first-order chi connectivity index (χ1) is 12.9. The van der Waals surface area contributed by atoms with E-state index in [1.54, 1.807) is 14.2 Å². The number of aliphatic imine (C=N–C) groups is 1. The first kappa shape index (κ1) is 21.4. The van der Waals surface area contributed by atoms with Crippen molar-refractivity contribution in [1.82, 2.24) is 10.2 Å². The number of hydrogen-bond donors (Lipinski definition) is 1. The molecule has 0 aliphatic carbocycles. The van der Waals surface area contributed by atoms with Gasteiger partial charge in [0, 0.05) is 38.1 Å². The van der Waals surface area contributed by atoms with Gasteiger partial charge in [0.25, 0.3) is 0 Å². The number of methoxy groups -OCH3 is 2. The van der Waals surface area contributed by atoms with Crippen LogP contribution in [0.2, 0.25) is 0 Å². The summed E-state index contributed by atoms with van der Waals surface area (Å²) in [6.07, 6.45) is 1.13. The highest BCUT2D eigenvalue weighted by molar-refractivity contribution is 5.79. The third-order valence-corrected chi connectivity index (χ3v) is 5.04. The van der Waals surface area contributed by atoms with Crippen molar-refractivity contribution in [2.75, 3.05) is 54.1 Å². The van der Waals surface area contributed by atoms with Crippen LogP contribution in [0.25, 0.3) is 0 Å². The predicted molar refractivity (Wildman–Crippen MR) is 110 cm³/mol. The van der Waals surface area contributed by atoms with E-state index in [2.05, 4.69) is 44.1 Å². The van der Waals surface area contributed by atoms with Crippen LogP contribution in [0.15, 0.2) is 23.2 Å². The van der Waals surface area contributed by atoms with E-state index in [9.17, 15) is 0 Å². The van der Waals surface area contributed by atoms with Crippen molar-refractivity contribution >= 4 is 5.96 Å². The summed E-state index contributed by atoms with van der Waals surface area (Å²) in [6, 6.07) is 6.08. The molecule has 0 spiro atoms. The number of rotatable bonds is 8. The van der Waals surface area contributed by atoms with Gasteiger partial charge in [0.05, 0.1) is 27.4 Å². The highest BCUT2D eigenvalue weighted by Crippen LogP contribution is 2.33. The lowest BCUT2D eigenvalue weighted by Gasteiger charge is -2.28. The number of nitrogens with zero attached hydrogens (tertiary/aromatic N) is 2. The zero-order chi connectivity index (χ0) is 19.9. The van der Waals surface area contributed by atoms with Crippen molar-refractivity contribution in [3.05, 3.63) is 23.8 Å². The van der Waals surface area contributed by atoms with Gasteiger partial charge in [-0.05, 0) is 31.0 Å². The van der Waals surface area contributed by atoms with Gasteiger partial charge in [0.15, 0.2) is 17.5 Å². The van der Waals surface area contributed by atoms with Crippen molar-refractivity contribution in [3.8, 4) is 11.5 Å². The number of guanidine groups is 1. The van der Waals surface area contributed by atoms with Crippen molar-refractivity contribution in [2.24, 2.45) is 10.9 Å². The molecule has 152 valence electrons. The molecule has 1 aromatic rings. The minimum Gasteiger partial charge on any atom is -0.493 e. The second-order valence-corrected chi connectivity index (χ2v) is 7.73. The predicted octanol–water partition coefficient (Wildman–Crippen LogP) is 2.92. The minimum atomic E-state index is -0.127. The smallest absolute Gasteiger partial charge is 0.193 e. The van der Waals surface area contributed by atoms with Crippen LogP contribution in [0.5, 0.6) is 11.5 Å². The van der Waals surface area contributed by atoms with E-state index in [0.717, 1.165) is 50.2 Å². The van der Waals surface area contributed by atoms with E-state index in [0.29, 0.717) is 12.5 Å². The van der Waals surface area contributed by atoms with Gasteiger partial charge in [-0.25, -0.2) is 0 Å². The summed E-state index contributed by atoms with van der Waals surface area (Å²) in [5.74, 6) is 3.01. The molecule has 1 N–H and O–H groups in total. The quantitative estimate of drug-likeness (QED) is 0.558. The summed E-state index contributed by atoms with van der Waals surface area (Å²) >= 11 is 0. The van der Waals surface area contributed by atoms with Crippen LogP contribution in [-0.2, 0) is 10.2 Å². The van der Waals surface area contributed by atoms with Gasteiger partial charge in [-0.2, -0.15) is 0 Å². The second-order valence-electron chi connectivity index (χ2n) is 7.73. The Morgan fingerprint density at radius 2 is 2.04 bits per heavy atom. The molecule has 27 heavy (non-hydrogen) atoms. The molecule has 0 saturated carbocycles. The minimum absolute atomic E-state index is 0.127. The van der Waals surface area contributed by atoms with Crippen LogP contribution in [0.1, 0.15) is 32.8 Å². The molecular formula is C21H35N3O3. The molecule has 0 radical (unpaired) electrons. The average molecular weight is 378 g/mol. The summed E-state index contributed by atoms with van der Waals surface area (Å²) in [5, 5.41) is 3.41. The lowest BCUT2D eigenvalue weighted by atomic mass is 9.84. The van der Waals surface area contributed by atoms with Crippen molar-refractivity contribution < 1.29 is 14.2 Å². The fraction of sp³-hybridized carbons (Fsp3) is 0.667. The Labute approximate surface area is 163 Å². The summed E-state index contributed by atoms with van der Waals surface area (Å²) < 4.78 is 16.3. The Balaban J connectivity index is 2.12. The SMILES string of the molecule is CCNC(=NCC(C)(C)c1ccc(OC)c(OC)c1)N(C)CC1CCOC1. The van der Waals surface area contributed by atoms with Gasteiger partial charge in [-0.1, -0.05) is 19.9 Å². The molecule has 0 bridgehead atoms. The maximum absolute atomic E-state index is 5.50. The summed E-state index contributed by atoms with van der Waals surface area (Å²) in [6.45, 7) is 10.7. The molecule has 1 heterocycles. The molecule has 6 nitrogen and oxygen atoms in total. The van der Waals surface area contributed by atoms with Crippen LogP contribution in [0.4, 0.5) is 0 Å². The lowest BCUT2D eigenvalue weighted by Crippen LogP contribution is -2.42. The Hall–Kier alpha value is -1.95. The van der Waals surface area contributed by atoms with Crippen LogP contribution in [0, 0.1) is 5.92 Å². The van der Waals surface area contributed by atoms with Crippen molar-refractivity contribution in [2.45, 2.75) is 32.6 Å². The molecular weight excluding hydrogens is 342 g/mol. The Morgan fingerprint density at radius 3 is 2.63 bits per heavy atom. The fourth-order valence-corrected chi connectivity index (χ4v) is 3.29. The van der Waals surface area contributed by atoms with Gasteiger partial charge >= 0.3 is 0 Å². The zero-order valence-electron chi connectivity index (χ0n) is 17.7. The Kier molecular flexibility index (Phi) is 7.78. The molecule has 1 fully saturated rings. The topological polar surface area (TPSA) is 55.3 Å². The summed E-state index contributed by atoms with van der Waals surface area (Å²) in [7, 11) is 5.42. The maximum Gasteiger partial charge on any atom is 0.193 e. The summed E-state index contributed by atoms with van der Waals surface area (Å²) in [5.41, 5.74) is 1.05. The van der Waals surface area contributed by atoms with Crippen LogP contribution in [-0.4, -0.2) is 65.0 Å². The van der Waals surface area contributed by atoms with E-state index < -0.39 is 0 Å². The molecule has 1 aromatic carbocycles.